The Morgan fingerprint density at radius 1 is 1.33 bits per heavy atom. The van der Waals surface area contributed by atoms with Gasteiger partial charge in [-0.25, -0.2) is 0 Å². The molecule has 0 aliphatic carbocycles. The molecule has 0 radical (unpaired) electrons. The largest absolute Gasteiger partial charge is 0.393 e. The third-order valence-electron chi connectivity index (χ3n) is 4.34. The van der Waals surface area contributed by atoms with E-state index in [0.717, 1.165) is 26.1 Å². The Balaban J connectivity index is 2.35. The van der Waals surface area contributed by atoms with Gasteiger partial charge in [0.25, 0.3) is 0 Å². The van der Waals surface area contributed by atoms with E-state index in [1.54, 1.807) is 0 Å². The smallest absolute Gasteiger partial charge is 0.0784 e. The molecule has 1 heterocycles. The Morgan fingerprint density at radius 3 is 2.44 bits per heavy atom. The van der Waals surface area contributed by atoms with Gasteiger partial charge in [-0.15, -0.1) is 0 Å². The number of hydrogen-bond acceptors (Lipinski definition) is 3. The first-order chi connectivity index (χ1) is 8.15. The van der Waals surface area contributed by atoms with Crippen molar-refractivity contribution in [1.29, 1.82) is 0 Å². The van der Waals surface area contributed by atoms with Gasteiger partial charge in [-0.2, -0.15) is 0 Å². The molecule has 0 unspecified atom stereocenters. The van der Waals surface area contributed by atoms with Gasteiger partial charge in [0.1, 0.15) is 0 Å². The van der Waals surface area contributed by atoms with Crippen molar-refractivity contribution >= 4 is 17.2 Å². The molecule has 0 aromatic heterocycles. The second-order valence-electron chi connectivity index (χ2n) is 6.86. The first-order valence-corrected chi connectivity index (χ1v) is 7.29. The summed E-state index contributed by atoms with van der Waals surface area (Å²) in [7, 11) is 2.22. The number of thiocarbonyl (C=S) groups is 1. The molecule has 1 aliphatic heterocycles. The highest BCUT2D eigenvalue weighted by Gasteiger charge is 2.31. The number of likely N-dealkylation sites (N-methyl/N-ethyl adjacent to an activating group) is 1. The first kappa shape index (κ1) is 15.9. The highest BCUT2D eigenvalue weighted by Crippen LogP contribution is 2.24. The van der Waals surface area contributed by atoms with Gasteiger partial charge in [-0.3, -0.25) is 4.90 Å². The van der Waals surface area contributed by atoms with E-state index in [0.29, 0.717) is 4.99 Å². The number of nitrogens with zero attached hydrogens (tertiary/aromatic N) is 2. The van der Waals surface area contributed by atoms with Gasteiger partial charge in [0.2, 0.25) is 0 Å². The Morgan fingerprint density at radius 2 is 1.94 bits per heavy atom. The van der Waals surface area contributed by atoms with Crippen LogP contribution in [-0.4, -0.2) is 53.6 Å². The molecular formula is C14H29N3S. The van der Waals surface area contributed by atoms with E-state index >= 15 is 0 Å². The Kier molecular flexibility index (Phi) is 5.15. The molecule has 0 bridgehead atoms. The van der Waals surface area contributed by atoms with Crippen LogP contribution in [-0.2, 0) is 0 Å². The molecule has 0 spiro atoms. The minimum absolute atomic E-state index is 0.00255. The van der Waals surface area contributed by atoms with E-state index in [2.05, 4.69) is 44.5 Å². The Bertz CT molecular complexity index is 299. The van der Waals surface area contributed by atoms with Gasteiger partial charge in [-0.05, 0) is 40.3 Å². The van der Waals surface area contributed by atoms with Crippen molar-refractivity contribution in [3.63, 3.8) is 0 Å². The number of nitrogens with two attached hydrogens (primary N) is 1. The molecule has 106 valence electrons. The molecule has 1 saturated heterocycles. The summed E-state index contributed by atoms with van der Waals surface area (Å²) >= 11 is 5.11. The lowest BCUT2D eigenvalue weighted by Gasteiger charge is -2.45. The lowest BCUT2D eigenvalue weighted by molar-refractivity contribution is 0.0386. The zero-order valence-electron chi connectivity index (χ0n) is 12.6. The monoisotopic (exact) mass is 271 g/mol. The molecule has 18 heavy (non-hydrogen) atoms. The van der Waals surface area contributed by atoms with Crippen LogP contribution in [0.5, 0.6) is 0 Å². The summed E-state index contributed by atoms with van der Waals surface area (Å²) in [5.74, 6) is 0. The maximum atomic E-state index is 5.76. The average Bonchev–Trinajstić information content (AvgIpc) is 2.22. The number of rotatable bonds is 5. The first-order valence-electron chi connectivity index (χ1n) is 6.89. The zero-order valence-corrected chi connectivity index (χ0v) is 13.4. The highest BCUT2D eigenvalue weighted by molar-refractivity contribution is 7.80. The second-order valence-corrected chi connectivity index (χ2v) is 7.30. The minimum atomic E-state index is -0.00255. The lowest BCUT2D eigenvalue weighted by Crippen LogP contribution is -2.57. The van der Waals surface area contributed by atoms with Crippen LogP contribution in [0.2, 0.25) is 0 Å². The molecule has 1 aliphatic rings. The average molecular weight is 271 g/mol. The summed E-state index contributed by atoms with van der Waals surface area (Å²) in [5, 5.41) is 0. The van der Waals surface area contributed by atoms with Gasteiger partial charge in [0.15, 0.2) is 0 Å². The minimum Gasteiger partial charge on any atom is -0.393 e. The maximum absolute atomic E-state index is 5.76. The Hall–Kier alpha value is -0.190. The summed E-state index contributed by atoms with van der Waals surface area (Å²) in [6.07, 6.45) is 2.25. The zero-order chi connectivity index (χ0) is 14.0. The van der Waals surface area contributed by atoms with Crippen molar-refractivity contribution in [3.05, 3.63) is 0 Å². The highest BCUT2D eigenvalue weighted by atomic mass is 32.1. The van der Waals surface area contributed by atoms with E-state index in [4.69, 9.17) is 18.0 Å². The van der Waals surface area contributed by atoms with Crippen LogP contribution in [0.25, 0.3) is 0 Å². The van der Waals surface area contributed by atoms with E-state index in [-0.39, 0.29) is 11.0 Å². The lowest BCUT2D eigenvalue weighted by atomic mass is 9.87. The SMILES string of the molecule is CN1CCN(CCCC(C)(C)C(N)=S)CC1(C)C. The van der Waals surface area contributed by atoms with Crippen LogP contribution < -0.4 is 5.73 Å². The summed E-state index contributed by atoms with van der Waals surface area (Å²) in [6.45, 7) is 13.6. The standard InChI is InChI=1S/C14H29N3S/c1-13(2,12(15)18)7-6-8-17-10-9-16(5)14(3,4)11-17/h6-11H2,1-5H3,(H2,15,18). The molecular weight excluding hydrogens is 242 g/mol. The van der Waals surface area contributed by atoms with Crippen molar-refractivity contribution in [2.24, 2.45) is 11.1 Å². The second kappa shape index (κ2) is 5.85. The van der Waals surface area contributed by atoms with Gasteiger partial charge >= 0.3 is 0 Å². The van der Waals surface area contributed by atoms with Crippen LogP contribution in [0.3, 0.4) is 0 Å². The van der Waals surface area contributed by atoms with Crippen LogP contribution in [0.15, 0.2) is 0 Å². The van der Waals surface area contributed by atoms with E-state index in [1.807, 2.05) is 0 Å². The fourth-order valence-corrected chi connectivity index (χ4v) is 2.50. The maximum Gasteiger partial charge on any atom is 0.0784 e. The van der Waals surface area contributed by atoms with Gasteiger partial charge in [0, 0.05) is 30.6 Å². The van der Waals surface area contributed by atoms with Crippen molar-refractivity contribution < 1.29 is 0 Å². The van der Waals surface area contributed by atoms with Gasteiger partial charge in [-0.1, -0.05) is 26.1 Å². The van der Waals surface area contributed by atoms with Crippen LogP contribution in [0, 0.1) is 5.41 Å². The van der Waals surface area contributed by atoms with Gasteiger partial charge in [0.05, 0.1) is 4.99 Å². The molecule has 1 rings (SSSR count). The van der Waals surface area contributed by atoms with E-state index < -0.39 is 0 Å². The van der Waals surface area contributed by atoms with Crippen LogP contribution >= 0.6 is 12.2 Å². The van der Waals surface area contributed by atoms with Crippen molar-refractivity contribution in [3.8, 4) is 0 Å². The van der Waals surface area contributed by atoms with E-state index in [1.165, 1.54) is 13.0 Å². The third kappa shape index (κ3) is 4.18. The molecule has 0 aromatic carbocycles. The molecule has 0 atom stereocenters. The molecule has 4 heteroatoms. The number of hydrogen-bond donors (Lipinski definition) is 1. The normalized spacial score (nSPS) is 22.1. The summed E-state index contributed by atoms with van der Waals surface area (Å²) in [5.41, 5.74) is 6.05. The van der Waals surface area contributed by atoms with Crippen LogP contribution in [0.4, 0.5) is 0 Å². The number of piperazine rings is 1. The third-order valence-corrected chi connectivity index (χ3v) is 4.89. The van der Waals surface area contributed by atoms with Crippen molar-refractivity contribution in [2.45, 2.75) is 46.1 Å². The van der Waals surface area contributed by atoms with Gasteiger partial charge < -0.3 is 10.6 Å². The molecule has 2 N–H and O–H groups in total. The quantitative estimate of drug-likeness (QED) is 0.776. The molecule has 0 saturated carbocycles. The van der Waals surface area contributed by atoms with Crippen molar-refractivity contribution in [2.75, 3.05) is 33.2 Å². The summed E-state index contributed by atoms with van der Waals surface area (Å²) < 4.78 is 0. The molecule has 0 aromatic rings. The Labute approximate surface area is 118 Å². The fourth-order valence-electron chi connectivity index (χ4n) is 2.40. The van der Waals surface area contributed by atoms with Crippen molar-refractivity contribution in [1.82, 2.24) is 9.80 Å². The predicted octanol–water partition coefficient (Wildman–Crippen LogP) is 2.10. The van der Waals surface area contributed by atoms with Crippen LogP contribution in [0.1, 0.15) is 40.5 Å². The summed E-state index contributed by atoms with van der Waals surface area (Å²) in [6, 6.07) is 0. The van der Waals surface area contributed by atoms with E-state index in [9.17, 15) is 0 Å². The molecule has 3 nitrogen and oxygen atoms in total. The summed E-state index contributed by atoms with van der Waals surface area (Å²) in [4.78, 5) is 5.65. The predicted molar refractivity (Wildman–Crippen MR) is 82.9 cm³/mol. The molecule has 1 fully saturated rings. The fraction of sp³-hybridized carbons (Fsp3) is 0.929. The molecule has 0 amide bonds. The topological polar surface area (TPSA) is 32.5 Å².